The second-order valence-corrected chi connectivity index (χ2v) is 7.95. The molecule has 3 rings (SSSR count). The number of nitro benzene ring substituents is 1. The highest BCUT2D eigenvalue weighted by Gasteiger charge is 2.29. The number of carbonyl (C=O) groups excluding carboxylic acids is 3. The van der Waals surface area contributed by atoms with Gasteiger partial charge in [0.1, 0.15) is 6.04 Å². The molecule has 1 unspecified atom stereocenters. The van der Waals surface area contributed by atoms with Crippen molar-refractivity contribution < 1.29 is 19.3 Å². The van der Waals surface area contributed by atoms with E-state index in [9.17, 15) is 24.5 Å². The van der Waals surface area contributed by atoms with Crippen molar-refractivity contribution in [2.24, 2.45) is 5.73 Å². The summed E-state index contributed by atoms with van der Waals surface area (Å²) in [5.41, 5.74) is 7.70. The van der Waals surface area contributed by atoms with Crippen LogP contribution < -0.4 is 16.4 Å². The minimum absolute atomic E-state index is 0.0399. The fraction of sp³-hybridized carbons (Fsp3) is 0.292. The molecule has 2 aromatic carbocycles. The molecule has 178 valence electrons. The summed E-state index contributed by atoms with van der Waals surface area (Å²) < 4.78 is 0. The number of hydrogen-bond donors (Lipinski definition) is 3. The number of hydrogen-bond acceptors (Lipinski definition) is 6. The van der Waals surface area contributed by atoms with Crippen molar-refractivity contribution in [3.05, 3.63) is 75.8 Å². The first kappa shape index (κ1) is 24.6. The molecule has 0 saturated carbocycles. The van der Waals surface area contributed by atoms with Crippen molar-refractivity contribution in [2.45, 2.75) is 31.8 Å². The number of anilines is 1. The number of carbonyl (C=O) groups is 3. The molecule has 0 radical (unpaired) electrons. The fourth-order valence-electron chi connectivity index (χ4n) is 3.64. The van der Waals surface area contributed by atoms with Gasteiger partial charge in [0.2, 0.25) is 17.7 Å². The first-order valence-electron chi connectivity index (χ1n) is 11.0. The Labute approximate surface area is 197 Å². The molecule has 0 aromatic heterocycles. The predicted octanol–water partition coefficient (Wildman–Crippen LogP) is 2.20. The number of amides is 3. The molecule has 4 N–H and O–H groups in total. The molecule has 34 heavy (non-hydrogen) atoms. The third-order valence-corrected chi connectivity index (χ3v) is 5.41. The van der Waals surface area contributed by atoms with E-state index in [1.54, 1.807) is 18.2 Å². The fourth-order valence-corrected chi connectivity index (χ4v) is 3.64. The van der Waals surface area contributed by atoms with Gasteiger partial charge < -0.3 is 21.3 Å². The average Bonchev–Trinajstić information content (AvgIpc) is 2.99. The Balaban J connectivity index is 1.57. The van der Waals surface area contributed by atoms with Crippen molar-refractivity contribution in [3.63, 3.8) is 0 Å². The van der Waals surface area contributed by atoms with Crippen LogP contribution in [-0.2, 0) is 20.9 Å². The van der Waals surface area contributed by atoms with E-state index >= 15 is 0 Å². The number of nitrogens with one attached hydrogen (secondary N) is 2. The second-order valence-electron chi connectivity index (χ2n) is 7.95. The van der Waals surface area contributed by atoms with Crippen LogP contribution in [0.5, 0.6) is 0 Å². The van der Waals surface area contributed by atoms with Gasteiger partial charge in [0.15, 0.2) is 0 Å². The van der Waals surface area contributed by atoms with E-state index in [0.29, 0.717) is 30.8 Å². The predicted molar refractivity (Wildman–Crippen MR) is 127 cm³/mol. The van der Waals surface area contributed by atoms with Crippen LogP contribution in [0.1, 0.15) is 30.4 Å². The average molecular weight is 466 g/mol. The smallest absolute Gasteiger partial charge is 0.269 e. The highest BCUT2D eigenvalue weighted by molar-refractivity contribution is 5.98. The van der Waals surface area contributed by atoms with Crippen molar-refractivity contribution in [3.8, 4) is 0 Å². The highest BCUT2D eigenvalue weighted by Crippen LogP contribution is 2.15. The molecule has 1 saturated heterocycles. The van der Waals surface area contributed by atoms with Gasteiger partial charge in [-0.05, 0) is 60.7 Å². The molecule has 0 bridgehead atoms. The maximum absolute atomic E-state index is 13.0. The number of benzene rings is 2. The Morgan fingerprint density at radius 1 is 1.18 bits per heavy atom. The van der Waals surface area contributed by atoms with Crippen molar-refractivity contribution in [1.29, 1.82) is 0 Å². The van der Waals surface area contributed by atoms with Gasteiger partial charge in [-0.2, -0.15) is 0 Å². The van der Waals surface area contributed by atoms with E-state index in [0.717, 1.165) is 18.4 Å². The summed E-state index contributed by atoms with van der Waals surface area (Å²) in [5, 5.41) is 16.2. The molecule has 10 heteroatoms. The molecule has 1 aliphatic heterocycles. The van der Waals surface area contributed by atoms with Gasteiger partial charge in [0, 0.05) is 37.0 Å². The summed E-state index contributed by atoms with van der Waals surface area (Å²) in [6, 6.07) is 12.2. The lowest BCUT2D eigenvalue weighted by Crippen LogP contribution is -2.49. The van der Waals surface area contributed by atoms with Crippen LogP contribution in [0.25, 0.3) is 6.08 Å². The standard InChI is InChI=1S/C24H27N5O5/c25-15-18-4-3-5-19(14-18)26-23(31)16-28-13-2-1-6-21(24(28)32)27-22(30)12-9-17-7-10-20(11-8-17)29(33)34/h3-5,7-12,14,21H,1-2,6,13,15-16,25H2,(H,26,31)(H,27,30). The van der Waals surface area contributed by atoms with Gasteiger partial charge in [0.25, 0.3) is 5.69 Å². The van der Waals surface area contributed by atoms with Crippen molar-refractivity contribution in [2.75, 3.05) is 18.4 Å². The third kappa shape index (κ3) is 6.97. The van der Waals surface area contributed by atoms with Crippen molar-refractivity contribution >= 4 is 35.2 Å². The minimum atomic E-state index is -0.732. The van der Waals surface area contributed by atoms with Gasteiger partial charge in [-0.25, -0.2) is 0 Å². The van der Waals surface area contributed by atoms with Gasteiger partial charge >= 0.3 is 0 Å². The molecular weight excluding hydrogens is 438 g/mol. The molecule has 3 amide bonds. The highest BCUT2D eigenvalue weighted by atomic mass is 16.6. The molecule has 1 atom stereocenters. The second kappa shape index (κ2) is 11.7. The molecule has 0 spiro atoms. The van der Waals surface area contributed by atoms with Crippen LogP contribution in [0, 0.1) is 10.1 Å². The molecule has 10 nitrogen and oxygen atoms in total. The Morgan fingerprint density at radius 3 is 2.65 bits per heavy atom. The molecule has 1 heterocycles. The Morgan fingerprint density at radius 2 is 1.94 bits per heavy atom. The monoisotopic (exact) mass is 465 g/mol. The van der Waals surface area contributed by atoms with Crippen LogP contribution in [0.3, 0.4) is 0 Å². The first-order valence-corrected chi connectivity index (χ1v) is 11.0. The van der Waals surface area contributed by atoms with Crippen LogP contribution >= 0.6 is 0 Å². The lowest BCUT2D eigenvalue weighted by molar-refractivity contribution is -0.384. The quantitative estimate of drug-likeness (QED) is 0.309. The van der Waals surface area contributed by atoms with E-state index in [2.05, 4.69) is 10.6 Å². The van der Waals surface area contributed by atoms with E-state index in [-0.39, 0.29) is 24.0 Å². The van der Waals surface area contributed by atoms with Gasteiger partial charge in [0.05, 0.1) is 11.5 Å². The van der Waals surface area contributed by atoms with Gasteiger partial charge in [-0.15, -0.1) is 0 Å². The van der Waals surface area contributed by atoms with Crippen LogP contribution in [-0.4, -0.2) is 46.7 Å². The minimum Gasteiger partial charge on any atom is -0.341 e. The SMILES string of the molecule is NCc1cccc(NC(=O)CN2CCCCC(NC(=O)C=Cc3ccc([N+](=O)[O-])cc3)C2=O)c1. The van der Waals surface area contributed by atoms with Gasteiger partial charge in [-0.1, -0.05) is 12.1 Å². The number of nitrogens with zero attached hydrogens (tertiary/aromatic N) is 2. The lowest BCUT2D eigenvalue weighted by atomic mass is 10.1. The summed E-state index contributed by atoms with van der Waals surface area (Å²) in [4.78, 5) is 49.6. The number of non-ortho nitro benzene ring substituents is 1. The largest absolute Gasteiger partial charge is 0.341 e. The molecule has 1 fully saturated rings. The summed E-state index contributed by atoms with van der Waals surface area (Å²) in [6.45, 7) is 0.672. The topological polar surface area (TPSA) is 148 Å². The Kier molecular flexibility index (Phi) is 8.47. The van der Waals surface area contributed by atoms with Crippen LogP contribution in [0.15, 0.2) is 54.6 Å². The zero-order chi connectivity index (χ0) is 24.5. The molecular formula is C24H27N5O5. The number of nitro groups is 1. The number of nitrogens with two attached hydrogens (primary N) is 1. The van der Waals surface area contributed by atoms with Crippen LogP contribution in [0.2, 0.25) is 0 Å². The Hall–Kier alpha value is -4.05. The summed E-state index contributed by atoms with van der Waals surface area (Å²) in [5.74, 6) is -1.09. The first-order chi connectivity index (χ1) is 16.4. The van der Waals surface area contributed by atoms with E-state index in [1.165, 1.54) is 41.3 Å². The summed E-state index contributed by atoms with van der Waals surface area (Å²) in [7, 11) is 0. The van der Waals surface area contributed by atoms with E-state index < -0.39 is 16.9 Å². The zero-order valence-corrected chi connectivity index (χ0v) is 18.6. The maximum Gasteiger partial charge on any atom is 0.269 e. The maximum atomic E-state index is 13.0. The summed E-state index contributed by atoms with van der Waals surface area (Å²) >= 11 is 0. The number of likely N-dealkylation sites (tertiary alicyclic amines) is 1. The lowest BCUT2D eigenvalue weighted by Gasteiger charge is -2.24. The number of rotatable bonds is 8. The molecule has 2 aromatic rings. The molecule has 1 aliphatic rings. The van der Waals surface area contributed by atoms with E-state index in [1.807, 2.05) is 6.07 Å². The summed E-state index contributed by atoms with van der Waals surface area (Å²) in [6.07, 6.45) is 4.74. The van der Waals surface area contributed by atoms with Gasteiger partial charge in [-0.3, -0.25) is 24.5 Å². The third-order valence-electron chi connectivity index (χ3n) is 5.41. The normalized spacial score (nSPS) is 16.2. The van der Waals surface area contributed by atoms with E-state index in [4.69, 9.17) is 5.73 Å². The molecule has 0 aliphatic carbocycles. The van der Waals surface area contributed by atoms with Crippen molar-refractivity contribution in [1.82, 2.24) is 10.2 Å². The Bertz CT molecular complexity index is 1080. The zero-order valence-electron chi connectivity index (χ0n) is 18.6. The van der Waals surface area contributed by atoms with Crippen LogP contribution in [0.4, 0.5) is 11.4 Å².